The van der Waals surface area contributed by atoms with Gasteiger partial charge in [-0.15, -0.1) is 0 Å². The number of phenolic OH excluding ortho intramolecular Hbond substituents is 1. The number of ether oxygens (including phenoxy) is 1. The third kappa shape index (κ3) is 2.43. The third-order valence-corrected chi connectivity index (χ3v) is 3.88. The highest BCUT2D eigenvalue weighted by molar-refractivity contribution is 5.83. The Morgan fingerprint density at radius 2 is 1.95 bits per heavy atom. The molecule has 3 nitrogen and oxygen atoms in total. The minimum Gasteiger partial charge on any atom is -0.508 e. The van der Waals surface area contributed by atoms with Crippen molar-refractivity contribution in [2.75, 3.05) is 0 Å². The van der Waals surface area contributed by atoms with E-state index < -0.39 is 0 Å². The zero-order chi connectivity index (χ0) is 15.9. The van der Waals surface area contributed by atoms with Crippen LogP contribution in [0.2, 0.25) is 0 Å². The molecule has 1 radical (unpaired) electrons. The van der Waals surface area contributed by atoms with E-state index >= 15 is 0 Å². The maximum absolute atomic E-state index is 9.92. The van der Waals surface area contributed by atoms with E-state index in [2.05, 4.69) is 6.07 Å². The molecule has 1 aromatic heterocycles. The Morgan fingerprint density at radius 1 is 1.18 bits per heavy atom. The van der Waals surface area contributed by atoms with E-state index in [-0.39, 0.29) is 5.92 Å². The van der Waals surface area contributed by atoms with Gasteiger partial charge < -0.3 is 14.3 Å². The highest BCUT2D eigenvalue weighted by Crippen LogP contribution is 2.37. The van der Waals surface area contributed by atoms with Crippen molar-refractivity contribution in [3.05, 3.63) is 53.3 Å². The zero-order valence-corrected chi connectivity index (χ0v) is 13.2. The number of benzene rings is 2. The molecule has 0 bridgehead atoms. The molecule has 22 heavy (non-hydrogen) atoms. The Hall–Kier alpha value is -2.42. The summed E-state index contributed by atoms with van der Waals surface area (Å²) < 4.78 is 11.6. The predicted octanol–water partition coefficient (Wildman–Crippen LogP) is 5.47. The fourth-order valence-corrected chi connectivity index (χ4v) is 2.69. The molecule has 1 heterocycles. The second-order valence-corrected chi connectivity index (χ2v) is 5.88. The molecule has 2 aromatic carbocycles. The van der Waals surface area contributed by atoms with E-state index in [1.165, 1.54) is 0 Å². The van der Waals surface area contributed by atoms with Crippen LogP contribution in [0.1, 0.15) is 36.5 Å². The van der Waals surface area contributed by atoms with Crippen molar-refractivity contribution >= 4 is 11.0 Å². The topological polar surface area (TPSA) is 42.6 Å². The van der Waals surface area contributed by atoms with Gasteiger partial charge >= 0.3 is 0 Å². The summed E-state index contributed by atoms with van der Waals surface area (Å²) in [6.07, 6.45) is 1.57. The maximum Gasteiger partial charge on any atom is 0.141 e. The molecule has 0 unspecified atom stereocenters. The van der Waals surface area contributed by atoms with Gasteiger partial charge in [0.15, 0.2) is 0 Å². The number of furan rings is 1. The molecule has 0 saturated heterocycles. The summed E-state index contributed by atoms with van der Waals surface area (Å²) in [6.45, 7) is 8.07. The summed E-state index contributed by atoms with van der Waals surface area (Å²) in [5.41, 5.74) is 3.65. The van der Waals surface area contributed by atoms with Crippen LogP contribution in [0.3, 0.4) is 0 Å². The van der Waals surface area contributed by atoms with Gasteiger partial charge in [0.2, 0.25) is 0 Å². The van der Waals surface area contributed by atoms with Gasteiger partial charge in [-0.2, -0.15) is 0 Å². The first-order valence-corrected chi connectivity index (χ1v) is 7.37. The Labute approximate surface area is 130 Å². The summed E-state index contributed by atoms with van der Waals surface area (Å²) in [4.78, 5) is 0. The van der Waals surface area contributed by atoms with Crippen LogP contribution in [0.15, 0.2) is 34.9 Å². The standard InChI is InChI=1S/C19H19O3/c1-11(2)16-10-15(5-6-17(16)20)22-18-12(3)9-14-7-8-21-19(14)13(18)4/h5-6,8-11,20H,1-4H3. The second-order valence-electron chi connectivity index (χ2n) is 5.88. The second kappa shape index (κ2) is 5.41. The first kappa shape index (κ1) is 14.5. The molecule has 3 heteroatoms. The average Bonchev–Trinajstić information content (AvgIpc) is 2.93. The van der Waals surface area contributed by atoms with Gasteiger partial charge in [-0.3, -0.25) is 0 Å². The van der Waals surface area contributed by atoms with Crippen molar-refractivity contribution in [2.45, 2.75) is 33.6 Å². The molecule has 0 aliphatic rings. The van der Waals surface area contributed by atoms with Crippen LogP contribution >= 0.6 is 0 Å². The number of rotatable bonds is 3. The lowest BCUT2D eigenvalue weighted by molar-refractivity contribution is 0.452. The summed E-state index contributed by atoms with van der Waals surface area (Å²) >= 11 is 0. The van der Waals surface area contributed by atoms with Crippen molar-refractivity contribution in [2.24, 2.45) is 0 Å². The van der Waals surface area contributed by atoms with E-state index in [0.717, 1.165) is 33.4 Å². The van der Waals surface area contributed by atoms with Crippen LogP contribution in [0.25, 0.3) is 11.0 Å². The number of hydrogen-bond acceptors (Lipinski definition) is 3. The molecule has 0 aliphatic carbocycles. The largest absolute Gasteiger partial charge is 0.508 e. The zero-order valence-electron chi connectivity index (χ0n) is 13.2. The fourth-order valence-electron chi connectivity index (χ4n) is 2.69. The minimum absolute atomic E-state index is 0.230. The molecular weight excluding hydrogens is 276 g/mol. The van der Waals surface area contributed by atoms with Crippen molar-refractivity contribution in [1.29, 1.82) is 0 Å². The average molecular weight is 295 g/mol. The number of aryl methyl sites for hydroxylation is 2. The van der Waals surface area contributed by atoms with Gasteiger partial charge in [0.1, 0.15) is 22.8 Å². The SMILES string of the molecule is Cc1cc2[c]coc2c(C)c1Oc1ccc(O)c(C(C)C)c1. The van der Waals surface area contributed by atoms with Crippen molar-refractivity contribution < 1.29 is 14.3 Å². The fraction of sp³-hybridized carbons (Fsp3) is 0.263. The van der Waals surface area contributed by atoms with Crippen LogP contribution in [0.4, 0.5) is 0 Å². The number of fused-ring (bicyclic) bond motifs is 1. The van der Waals surface area contributed by atoms with Crippen LogP contribution < -0.4 is 4.74 Å². The molecule has 113 valence electrons. The van der Waals surface area contributed by atoms with E-state index in [4.69, 9.17) is 9.15 Å². The highest BCUT2D eigenvalue weighted by Gasteiger charge is 2.14. The Kier molecular flexibility index (Phi) is 3.57. The lowest BCUT2D eigenvalue weighted by atomic mass is 10.0. The minimum atomic E-state index is 0.230. The molecule has 0 fully saturated rings. The van der Waals surface area contributed by atoms with Crippen molar-refractivity contribution in [3.63, 3.8) is 0 Å². The Balaban J connectivity index is 2.05. The van der Waals surface area contributed by atoms with Crippen LogP contribution in [-0.4, -0.2) is 5.11 Å². The smallest absolute Gasteiger partial charge is 0.141 e. The number of aromatic hydroxyl groups is 1. The summed E-state index contributed by atoms with van der Waals surface area (Å²) in [5.74, 6) is 2.03. The molecule has 0 amide bonds. The van der Waals surface area contributed by atoms with E-state index in [1.807, 2.05) is 39.8 Å². The van der Waals surface area contributed by atoms with Gasteiger partial charge in [0.05, 0.1) is 6.26 Å². The first-order valence-electron chi connectivity index (χ1n) is 7.37. The van der Waals surface area contributed by atoms with E-state index in [9.17, 15) is 5.11 Å². The summed E-state index contributed by atoms with van der Waals surface area (Å²) in [6, 6.07) is 10.4. The molecule has 3 rings (SSSR count). The van der Waals surface area contributed by atoms with Crippen molar-refractivity contribution in [1.82, 2.24) is 0 Å². The normalized spacial score (nSPS) is 11.3. The van der Waals surface area contributed by atoms with Gasteiger partial charge in [-0.05, 0) is 49.6 Å². The van der Waals surface area contributed by atoms with Gasteiger partial charge in [-0.1, -0.05) is 13.8 Å². The Morgan fingerprint density at radius 3 is 2.68 bits per heavy atom. The summed E-state index contributed by atoms with van der Waals surface area (Å²) in [5, 5.41) is 10.9. The predicted molar refractivity (Wildman–Crippen MR) is 86.8 cm³/mol. The lowest BCUT2D eigenvalue weighted by Gasteiger charge is -2.15. The Bertz CT molecular complexity index is 828. The van der Waals surface area contributed by atoms with Gasteiger partial charge in [0, 0.05) is 22.6 Å². The molecule has 0 atom stereocenters. The summed E-state index contributed by atoms with van der Waals surface area (Å²) in [7, 11) is 0. The molecule has 0 spiro atoms. The molecule has 0 aliphatic heterocycles. The van der Waals surface area contributed by atoms with Crippen LogP contribution in [-0.2, 0) is 0 Å². The van der Waals surface area contributed by atoms with Crippen LogP contribution in [0, 0.1) is 19.9 Å². The molecule has 0 saturated carbocycles. The number of phenols is 1. The van der Waals surface area contributed by atoms with Gasteiger partial charge in [0.25, 0.3) is 0 Å². The van der Waals surface area contributed by atoms with E-state index in [0.29, 0.717) is 11.5 Å². The van der Waals surface area contributed by atoms with E-state index in [1.54, 1.807) is 18.4 Å². The first-order chi connectivity index (χ1) is 10.5. The number of hydrogen-bond donors (Lipinski definition) is 1. The highest BCUT2D eigenvalue weighted by atomic mass is 16.5. The molecule has 1 N–H and O–H groups in total. The lowest BCUT2D eigenvalue weighted by Crippen LogP contribution is -1.94. The molecule has 3 aromatic rings. The van der Waals surface area contributed by atoms with Crippen LogP contribution in [0.5, 0.6) is 17.2 Å². The monoisotopic (exact) mass is 295 g/mol. The maximum atomic E-state index is 9.92. The van der Waals surface area contributed by atoms with Crippen molar-refractivity contribution in [3.8, 4) is 17.2 Å². The quantitative estimate of drug-likeness (QED) is 0.696. The van der Waals surface area contributed by atoms with Gasteiger partial charge in [-0.25, -0.2) is 0 Å². The third-order valence-electron chi connectivity index (χ3n) is 3.88. The molecular formula is C19H19O3.